The van der Waals surface area contributed by atoms with Crippen LogP contribution >= 0.6 is 11.8 Å². The SMILES string of the molecule is C=C(CC)/C(=C\N=C(CC)CN)SCC(C)=O.CN(CC1CCCCC1)c1c(F)cnc2ccc(=O)n(C)c12. The predicted molar refractivity (Wildman–Crippen MR) is 164 cm³/mol. The number of aryl methyl sites for hydroxylation is 1. The van der Waals surface area contributed by atoms with Crippen molar-refractivity contribution in [2.24, 2.45) is 23.7 Å². The molecular formula is C30H44FN5O2S. The van der Waals surface area contributed by atoms with Crippen molar-refractivity contribution in [3.05, 3.63) is 57.8 Å². The molecule has 1 fully saturated rings. The van der Waals surface area contributed by atoms with Gasteiger partial charge < -0.3 is 15.2 Å². The number of Topliss-reactive ketones (excluding diaryl/α,β-unsaturated/α-hetero) is 1. The molecule has 1 saturated carbocycles. The molecule has 0 bridgehead atoms. The number of carbonyl (C=O) groups is 1. The molecule has 0 amide bonds. The number of pyridine rings is 2. The van der Waals surface area contributed by atoms with Gasteiger partial charge >= 0.3 is 0 Å². The van der Waals surface area contributed by atoms with Crippen LogP contribution in [0.5, 0.6) is 0 Å². The van der Waals surface area contributed by atoms with E-state index < -0.39 is 0 Å². The Morgan fingerprint density at radius 1 is 1.28 bits per heavy atom. The van der Waals surface area contributed by atoms with Crippen LogP contribution in [0.1, 0.15) is 65.7 Å². The third-order valence-electron chi connectivity index (χ3n) is 6.91. The summed E-state index contributed by atoms with van der Waals surface area (Å²) in [4.78, 5) is 34.3. The van der Waals surface area contributed by atoms with Gasteiger partial charge in [-0.05, 0) is 50.2 Å². The predicted octanol–water partition coefficient (Wildman–Crippen LogP) is 6.02. The Balaban J connectivity index is 0.000000285. The van der Waals surface area contributed by atoms with Gasteiger partial charge in [0, 0.05) is 50.1 Å². The van der Waals surface area contributed by atoms with E-state index >= 15 is 0 Å². The highest BCUT2D eigenvalue weighted by molar-refractivity contribution is 8.03. The van der Waals surface area contributed by atoms with E-state index in [0.29, 0.717) is 34.9 Å². The molecule has 39 heavy (non-hydrogen) atoms. The maximum Gasteiger partial charge on any atom is 0.250 e. The lowest BCUT2D eigenvalue weighted by molar-refractivity contribution is -0.114. The van der Waals surface area contributed by atoms with Crippen LogP contribution in [0.3, 0.4) is 0 Å². The Morgan fingerprint density at radius 2 is 1.97 bits per heavy atom. The first-order valence-corrected chi connectivity index (χ1v) is 14.7. The molecule has 1 aliphatic carbocycles. The average Bonchev–Trinajstić information content (AvgIpc) is 2.93. The second kappa shape index (κ2) is 16.4. The van der Waals surface area contributed by atoms with Gasteiger partial charge in [-0.1, -0.05) is 39.7 Å². The number of aromatic nitrogens is 2. The summed E-state index contributed by atoms with van der Waals surface area (Å²) < 4.78 is 15.9. The van der Waals surface area contributed by atoms with E-state index in [1.54, 1.807) is 26.2 Å². The molecule has 2 heterocycles. The smallest absolute Gasteiger partial charge is 0.250 e. The fourth-order valence-corrected chi connectivity index (χ4v) is 5.38. The van der Waals surface area contributed by atoms with E-state index in [1.165, 1.54) is 60.7 Å². The minimum absolute atomic E-state index is 0.146. The van der Waals surface area contributed by atoms with Crippen molar-refractivity contribution >= 4 is 40.0 Å². The van der Waals surface area contributed by atoms with Crippen LogP contribution in [0.15, 0.2) is 51.4 Å². The number of carbonyl (C=O) groups excluding carboxylic acids is 1. The van der Waals surface area contributed by atoms with Gasteiger partial charge in [0.25, 0.3) is 5.56 Å². The number of hydrogen-bond donors (Lipinski definition) is 1. The molecule has 0 aliphatic heterocycles. The molecule has 9 heteroatoms. The molecule has 0 spiro atoms. The van der Waals surface area contributed by atoms with Crippen LogP contribution in [0.25, 0.3) is 11.0 Å². The lowest BCUT2D eigenvalue weighted by atomic mass is 9.89. The number of hydrogen-bond acceptors (Lipinski definition) is 7. The maximum absolute atomic E-state index is 14.4. The molecule has 2 aromatic rings. The molecule has 2 aromatic heterocycles. The van der Waals surface area contributed by atoms with Gasteiger partial charge in [0.05, 0.1) is 23.0 Å². The number of nitrogens with zero attached hydrogens (tertiary/aromatic N) is 4. The first-order chi connectivity index (χ1) is 18.6. The van der Waals surface area contributed by atoms with E-state index in [1.807, 2.05) is 25.8 Å². The number of aliphatic imine (C=N–C) groups is 1. The van der Waals surface area contributed by atoms with Crippen molar-refractivity contribution in [2.75, 3.05) is 30.8 Å². The van der Waals surface area contributed by atoms with Gasteiger partial charge in [-0.2, -0.15) is 0 Å². The van der Waals surface area contributed by atoms with E-state index in [2.05, 4.69) is 16.6 Å². The number of thioether (sulfide) groups is 1. The van der Waals surface area contributed by atoms with Crippen LogP contribution in [0.2, 0.25) is 0 Å². The summed E-state index contributed by atoms with van der Waals surface area (Å²) in [5.74, 6) is 0.849. The van der Waals surface area contributed by atoms with E-state index in [4.69, 9.17) is 5.73 Å². The topological polar surface area (TPSA) is 93.6 Å². The first-order valence-electron chi connectivity index (χ1n) is 13.7. The molecule has 0 unspecified atom stereocenters. The van der Waals surface area contributed by atoms with Crippen molar-refractivity contribution in [1.82, 2.24) is 9.55 Å². The largest absolute Gasteiger partial charge is 0.370 e. The van der Waals surface area contributed by atoms with Gasteiger partial charge in [0.1, 0.15) is 11.5 Å². The van der Waals surface area contributed by atoms with Crippen LogP contribution in [-0.2, 0) is 11.8 Å². The normalized spacial score (nSPS) is 14.6. The summed E-state index contributed by atoms with van der Waals surface area (Å²) in [6.07, 6.45) is 11.0. The van der Waals surface area contributed by atoms with Gasteiger partial charge in [-0.3, -0.25) is 19.6 Å². The maximum atomic E-state index is 14.4. The highest BCUT2D eigenvalue weighted by Crippen LogP contribution is 2.30. The zero-order valence-electron chi connectivity index (χ0n) is 24.1. The minimum atomic E-state index is -0.369. The average molecular weight is 558 g/mol. The Hall–Kier alpha value is -2.78. The Bertz CT molecular complexity index is 1240. The van der Waals surface area contributed by atoms with Gasteiger partial charge in [0.2, 0.25) is 0 Å². The summed E-state index contributed by atoms with van der Waals surface area (Å²) in [5, 5.41) is 0. The molecular weight excluding hydrogens is 513 g/mol. The molecule has 1 aliphatic rings. The van der Waals surface area contributed by atoms with Crippen LogP contribution in [0.4, 0.5) is 10.1 Å². The van der Waals surface area contributed by atoms with Crippen LogP contribution in [0, 0.1) is 11.7 Å². The van der Waals surface area contributed by atoms with E-state index in [-0.39, 0.29) is 17.2 Å². The standard InChI is InChI=1S/C17H22FN3O.C13H22N2OS/c1-20(11-12-6-4-3-5-7-12)16-13(18)10-19-14-8-9-15(22)21(2)17(14)16;1-5-10(3)13(17-9-11(4)16)8-15-12(6-2)7-14/h8-10,12H,3-7,11H2,1-2H3;8H,3,5-7,9,14H2,1-2,4H3/b;13-8+,15-12?. The molecule has 0 aromatic carbocycles. The number of anilines is 1. The molecule has 214 valence electrons. The molecule has 0 saturated heterocycles. The van der Waals surface area contributed by atoms with Crippen LogP contribution < -0.4 is 16.2 Å². The summed E-state index contributed by atoms with van der Waals surface area (Å²) in [5.41, 5.74) is 9.08. The van der Waals surface area contributed by atoms with Crippen molar-refractivity contribution in [3.8, 4) is 0 Å². The number of nitrogens with two attached hydrogens (primary N) is 1. The summed E-state index contributed by atoms with van der Waals surface area (Å²) >= 11 is 1.49. The third-order valence-corrected chi connectivity index (χ3v) is 8.17. The monoisotopic (exact) mass is 557 g/mol. The highest BCUT2D eigenvalue weighted by atomic mass is 32.2. The molecule has 0 radical (unpaired) electrons. The lowest BCUT2D eigenvalue weighted by Crippen LogP contribution is -2.29. The summed E-state index contributed by atoms with van der Waals surface area (Å²) in [7, 11) is 3.58. The number of fused-ring (bicyclic) bond motifs is 1. The van der Waals surface area contributed by atoms with Gasteiger partial charge in [0.15, 0.2) is 5.82 Å². The number of rotatable bonds is 11. The van der Waals surface area contributed by atoms with Crippen molar-refractivity contribution in [1.29, 1.82) is 0 Å². The lowest BCUT2D eigenvalue weighted by Gasteiger charge is -2.29. The Kier molecular flexibility index (Phi) is 13.6. The highest BCUT2D eigenvalue weighted by Gasteiger charge is 2.20. The second-order valence-corrected chi connectivity index (χ2v) is 11.0. The van der Waals surface area contributed by atoms with E-state index in [0.717, 1.165) is 35.6 Å². The van der Waals surface area contributed by atoms with Crippen molar-refractivity contribution < 1.29 is 9.18 Å². The molecule has 3 rings (SSSR count). The minimum Gasteiger partial charge on any atom is -0.370 e. The van der Waals surface area contributed by atoms with Crippen molar-refractivity contribution in [2.45, 2.75) is 65.7 Å². The number of allylic oxidation sites excluding steroid dienone is 1. The fourth-order valence-electron chi connectivity index (χ4n) is 4.54. The fraction of sp³-hybridized carbons (Fsp3) is 0.533. The Labute approximate surface area is 236 Å². The third kappa shape index (κ3) is 9.72. The zero-order chi connectivity index (χ0) is 28.9. The van der Waals surface area contributed by atoms with Gasteiger partial charge in [-0.15, -0.1) is 11.8 Å². The summed E-state index contributed by atoms with van der Waals surface area (Å²) in [6.45, 7) is 10.9. The van der Waals surface area contributed by atoms with Gasteiger partial charge in [-0.25, -0.2) is 4.39 Å². The quantitative estimate of drug-likeness (QED) is 0.268. The summed E-state index contributed by atoms with van der Waals surface area (Å²) in [6, 6.07) is 3.13. The molecule has 7 nitrogen and oxygen atoms in total. The number of ketones is 1. The molecule has 2 N–H and O–H groups in total. The van der Waals surface area contributed by atoms with Crippen LogP contribution in [-0.4, -0.2) is 46.9 Å². The van der Waals surface area contributed by atoms with Crippen molar-refractivity contribution in [3.63, 3.8) is 0 Å². The number of halogens is 1. The van der Waals surface area contributed by atoms with E-state index in [9.17, 15) is 14.0 Å². The Morgan fingerprint density at radius 3 is 2.56 bits per heavy atom. The second-order valence-electron chi connectivity index (χ2n) is 10.00. The first kappa shape index (κ1) is 32.4. The zero-order valence-corrected chi connectivity index (χ0v) is 25.0. The molecule has 0 atom stereocenters.